The minimum absolute atomic E-state index is 0.0741. The minimum atomic E-state index is -4.00. The van der Waals surface area contributed by atoms with E-state index in [9.17, 15) is 18.0 Å². The van der Waals surface area contributed by atoms with Gasteiger partial charge in [0.25, 0.3) is 10.1 Å². The van der Waals surface area contributed by atoms with Crippen molar-refractivity contribution in [3.63, 3.8) is 0 Å². The summed E-state index contributed by atoms with van der Waals surface area (Å²) >= 11 is 0. The molecule has 0 saturated heterocycles. The summed E-state index contributed by atoms with van der Waals surface area (Å²) < 4.78 is 29.2. The van der Waals surface area contributed by atoms with E-state index in [1.807, 2.05) is 0 Å². The average molecular weight is 547 g/mol. The lowest BCUT2D eigenvalue weighted by atomic mass is 9.77. The van der Waals surface area contributed by atoms with E-state index < -0.39 is 23.2 Å². The number of fused-ring (bicyclic) bond motifs is 1. The first kappa shape index (κ1) is 31.5. The quantitative estimate of drug-likeness (QED) is 0.154. The number of amides is 2. The van der Waals surface area contributed by atoms with Gasteiger partial charge in [-0.15, -0.1) is 0 Å². The molecule has 1 atom stereocenters. The molecule has 208 valence electrons. The third-order valence-corrected chi connectivity index (χ3v) is 7.39. The molecule has 12 heteroatoms. The van der Waals surface area contributed by atoms with Crippen LogP contribution in [0.25, 0.3) is 0 Å². The highest BCUT2D eigenvalue weighted by Crippen LogP contribution is 2.26. The van der Waals surface area contributed by atoms with Gasteiger partial charge >= 0.3 is 7.12 Å². The molecule has 0 bridgehead atoms. The number of hydrogen-bond donors (Lipinski definition) is 6. The average Bonchev–Trinajstić information content (AvgIpc) is 3.57. The molecule has 2 aromatic rings. The molecular weight excluding hydrogens is 509 g/mol. The Labute approximate surface area is 224 Å². The second-order valence-corrected chi connectivity index (χ2v) is 10.8. The van der Waals surface area contributed by atoms with Gasteiger partial charge in [0, 0.05) is 12.0 Å². The van der Waals surface area contributed by atoms with Crippen molar-refractivity contribution in [2.24, 2.45) is 11.7 Å². The first-order chi connectivity index (χ1) is 18.2. The van der Waals surface area contributed by atoms with Crippen molar-refractivity contribution in [1.82, 2.24) is 10.6 Å². The normalized spacial score (nSPS) is 15.7. The Morgan fingerprint density at radius 2 is 1.58 bits per heavy atom. The van der Waals surface area contributed by atoms with Crippen LogP contribution in [-0.2, 0) is 32.5 Å². The molecule has 0 radical (unpaired) electrons. The summed E-state index contributed by atoms with van der Waals surface area (Å²) in [7, 11) is -5.51. The number of nitrogens with two attached hydrogens (primary N) is 1. The molecule has 2 aliphatic rings. The fraction of sp³-hybridized carbons (Fsp3) is 0.462. The van der Waals surface area contributed by atoms with E-state index in [0.717, 1.165) is 25.7 Å². The third kappa shape index (κ3) is 10.9. The number of carbonyl (C=O) groups excluding carboxylic acids is 2. The molecule has 38 heavy (non-hydrogen) atoms. The predicted octanol–water partition coefficient (Wildman–Crippen LogP) is 1.25. The van der Waals surface area contributed by atoms with E-state index in [4.69, 9.17) is 20.3 Å². The Hall–Kier alpha value is -2.77. The van der Waals surface area contributed by atoms with Crippen molar-refractivity contribution in [2.75, 3.05) is 6.54 Å². The van der Waals surface area contributed by atoms with Crippen molar-refractivity contribution in [3.8, 4) is 0 Å². The van der Waals surface area contributed by atoms with E-state index in [-0.39, 0.29) is 4.90 Å². The van der Waals surface area contributed by atoms with Gasteiger partial charge < -0.3 is 26.4 Å². The van der Waals surface area contributed by atoms with Gasteiger partial charge in [-0.25, -0.2) is 0 Å². The maximum Gasteiger partial charge on any atom is 0.475 e. The van der Waals surface area contributed by atoms with Gasteiger partial charge in [-0.3, -0.25) is 14.1 Å². The van der Waals surface area contributed by atoms with Crippen LogP contribution in [0.1, 0.15) is 49.7 Å². The lowest BCUT2D eigenvalue weighted by molar-refractivity contribution is -0.125. The fourth-order valence-electron chi connectivity index (χ4n) is 4.50. The lowest BCUT2D eigenvalue weighted by Crippen LogP contribution is -2.43. The smallest absolute Gasteiger partial charge is 0.426 e. The van der Waals surface area contributed by atoms with Crippen LogP contribution in [0.3, 0.4) is 0 Å². The largest absolute Gasteiger partial charge is 0.475 e. The lowest BCUT2D eigenvalue weighted by Gasteiger charge is -2.15. The van der Waals surface area contributed by atoms with Gasteiger partial charge in [-0.1, -0.05) is 55.3 Å². The molecule has 0 spiro atoms. The highest BCUT2D eigenvalue weighted by Gasteiger charge is 2.27. The van der Waals surface area contributed by atoms with Crippen LogP contribution in [0.15, 0.2) is 59.5 Å². The second kappa shape index (κ2) is 16.3. The molecule has 2 aromatic carbocycles. The van der Waals surface area contributed by atoms with Crippen LogP contribution in [0, 0.1) is 5.92 Å². The molecular formula is C26H38BN3O7S. The summed E-state index contributed by atoms with van der Waals surface area (Å²) in [6.45, 7) is 0.476. The van der Waals surface area contributed by atoms with Gasteiger partial charge in [0.15, 0.2) is 0 Å². The molecule has 7 N–H and O–H groups in total. The first-order valence-corrected chi connectivity index (χ1v) is 14.2. The topological polar surface area (TPSA) is 179 Å². The van der Waals surface area contributed by atoms with Crippen LogP contribution < -0.4 is 16.4 Å². The van der Waals surface area contributed by atoms with Crippen molar-refractivity contribution >= 4 is 29.6 Å². The molecule has 0 aromatic heterocycles. The van der Waals surface area contributed by atoms with Gasteiger partial charge in [-0.05, 0) is 68.3 Å². The van der Waals surface area contributed by atoms with Gasteiger partial charge in [-0.2, -0.15) is 8.42 Å². The molecule has 10 nitrogen and oxygen atoms in total. The van der Waals surface area contributed by atoms with Crippen LogP contribution in [0.4, 0.5) is 0 Å². The molecule has 0 heterocycles. The summed E-state index contributed by atoms with van der Waals surface area (Å²) in [4.78, 5) is 21.9. The Balaban J connectivity index is 0.000000212. The number of carbonyl (C=O) groups is 2. The van der Waals surface area contributed by atoms with Gasteiger partial charge in [0.05, 0.1) is 10.8 Å². The summed E-state index contributed by atoms with van der Waals surface area (Å²) in [5, 5.41) is 22.8. The molecule has 1 saturated carbocycles. The molecule has 4 rings (SSSR count). The van der Waals surface area contributed by atoms with E-state index in [0.29, 0.717) is 43.7 Å². The zero-order valence-electron chi connectivity index (χ0n) is 21.4. The fourth-order valence-corrected chi connectivity index (χ4v) is 5.01. The van der Waals surface area contributed by atoms with Crippen LogP contribution in [0.5, 0.6) is 0 Å². The van der Waals surface area contributed by atoms with Crippen LogP contribution in [-0.4, -0.2) is 61.0 Å². The zero-order valence-corrected chi connectivity index (χ0v) is 22.2. The number of benzene rings is 2. The standard InChI is InChI=1S/C15H19NO.C6H6O3S.C5H13BN2O3/c17-15(11-5-1-2-6-11)16-14-9-12-7-3-4-8-13(12)10-14;7-10(8,9)6-4-2-1-3-5-6;7-3-1-2-5(6(10)11)8-4-9/h3-4,7-8,11,14H,1-2,5-6,9-10H2,(H,16,17);1-5H,(H,7,8,9);4-5,10-11H,1-3,7H2,(H,8,9). The van der Waals surface area contributed by atoms with Crippen LogP contribution in [0.2, 0.25) is 0 Å². The molecule has 2 aliphatic carbocycles. The SMILES string of the molecule is NCCCC(NC=O)B(O)O.O=C(NC1Cc2ccccc2C1)C1CCCC1.O=S(=O)(O)c1ccccc1. The Morgan fingerprint density at radius 1 is 1.03 bits per heavy atom. The summed E-state index contributed by atoms with van der Waals surface area (Å²) in [6, 6.07) is 16.3. The maximum absolute atomic E-state index is 12.0. The first-order valence-electron chi connectivity index (χ1n) is 12.8. The monoisotopic (exact) mass is 547 g/mol. The van der Waals surface area contributed by atoms with Crippen molar-refractivity contribution in [3.05, 3.63) is 65.7 Å². The molecule has 1 fully saturated rings. The van der Waals surface area contributed by atoms with Gasteiger partial charge in [0.2, 0.25) is 12.3 Å². The summed E-state index contributed by atoms with van der Waals surface area (Å²) in [5.41, 5.74) is 8.01. The van der Waals surface area contributed by atoms with Crippen molar-refractivity contribution in [2.45, 2.75) is 68.2 Å². The number of nitrogens with one attached hydrogen (secondary N) is 2. The summed E-state index contributed by atoms with van der Waals surface area (Å²) in [6.07, 6.45) is 8.23. The Bertz CT molecular complexity index is 1070. The highest BCUT2D eigenvalue weighted by molar-refractivity contribution is 7.85. The Kier molecular flexibility index (Phi) is 13.5. The van der Waals surface area contributed by atoms with Crippen LogP contribution >= 0.6 is 0 Å². The number of hydrogen-bond acceptors (Lipinski definition) is 7. The second-order valence-electron chi connectivity index (χ2n) is 9.39. The third-order valence-electron chi connectivity index (χ3n) is 6.53. The highest BCUT2D eigenvalue weighted by atomic mass is 32.2. The van der Waals surface area contributed by atoms with E-state index in [1.165, 1.54) is 36.1 Å². The summed E-state index contributed by atoms with van der Waals surface area (Å²) in [5.74, 6) is -0.0185. The van der Waals surface area contributed by atoms with Gasteiger partial charge in [0.1, 0.15) is 0 Å². The van der Waals surface area contributed by atoms with E-state index >= 15 is 0 Å². The molecule has 0 aliphatic heterocycles. The van der Waals surface area contributed by atoms with E-state index in [2.05, 4.69) is 34.9 Å². The van der Waals surface area contributed by atoms with Crippen molar-refractivity contribution in [1.29, 1.82) is 0 Å². The molecule has 2 amide bonds. The zero-order chi connectivity index (χ0) is 28.0. The maximum atomic E-state index is 12.0. The number of rotatable bonds is 9. The Morgan fingerprint density at radius 3 is 2.03 bits per heavy atom. The van der Waals surface area contributed by atoms with E-state index in [1.54, 1.807) is 18.2 Å². The predicted molar refractivity (Wildman–Crippen MR) is 145 cm³/mol. The minimum Gasteiger partial charge on any atom is -0.426 e. The van der Waals surface area contributed by atoms with Crippen molar-refractivity contribution < 1.29 is 32.6 Å². The molecule has 1 unspecified atom stereocenters.